The predicted molar refractivity (Wildman–Crippen MR) is 78.2 cm³/mol. The van der Waals surface area contributed by atoms with Crippen molar-refractivity contribution in [3.05, 3.63) is 70.2 Å². The van der Waals surface area contributed by atoms with Gasteiger partial charge in [0.05, 0.1) is 6.04 Å². The molecular weight excluding hydrogens is 242 g/mol. The van der Waals surface area contributed by atoms with Gasteiger partial charge in [0.25, 0.3) is 0 Å². The van der Waals surface area contributed by atoms with E-state index < -0.39 is 0 Å². The van der Waals surface area contributed by atoms with Crippen molar-refractivity contribution in [3.63, 3.8) is 0 Å². The van der Waals surface area contributed by atoms with Gasteiger partial charge in [-0.1, -0.05) is 67.1 Å². The zero-order valence-electron chi connectivity index (χ0n) is 10.8. The molecule has 1 nitrogen and oxygen atoms in total. The zero-order valence-corrected chi connectivity index (χ0v) is 11.5. The van der Waals surface area contributed by atoms with Gasteiger partial charge in [0.2, 0.25) is 0 Å². The van der Waals surface area contributed by atoms with Crippen molar-refractivity contribution >= 4 is 11.6 Å². The molecule has 18 heavy (non-hydrogen) atoms. The minimum atomic E-state index is 0.156. The van der Waals surface area contributed by atoms with E-state index >= 15 is 0 Å². The summed E-state index contributed by atoms with van der Waals surface area (Å²) in [6, 6.07) is 16.8. The molecular formula is C16H18ClN. The fraction of sp³-hybridized carbons (Fsp3) is 0.250. The van der Waals surface area contributed by atoms with E-state index in [0.717, 1.165) is 22.7 Å². The van der Waals surface area contributed by atoms with Crippen LogP contribution in [0.1, 0.15) is 29.7 Å². The van der Waals surface area contributed by atoms with E-state index in [0.29, 0.717) is 0 Å². The van der Waals surface area contributed by atoms with Crippen LogP contribution in [0.5, 0.6) is 0 Å². The van der Waals surface area contributed by atoms with Gasteiger partial charge in [-0.15, -0.1) is 0 Å². The van der Waals surface area contributed by atoms with Crippen LogP contribution in [0.4, 0.5) is 0 Å². The maximum absolute atomic E-state index is 6.43. The highest BCUT2D eigenvalue weighted by Crippen LogP contribution is 2.30. The first-order valence-electron chi connectivity index (χ1n) is 6.27. The summed E-state index contributed by atoms with van der Waals surface area (Å²) in [7, 11) is 0. The van der Waals surface area contributed by atoms with E-state index in [4.69, 9.17) is 11.6 Å². The van der Waals surface area contributed by atoms with E-state index in [1.807, 2.05) is 19.1 Å². The van der Waals surface area contributed by atoms with E-state index in [1.165, 1.54) is 5.56 Å². The molecule has 0 saturated heterocycles. The van der Waals surface area contributed by atoms with Gasteiger partial charge in [-0.3, -0.25) is 0 Å². The van der Waals surface area contributed by atoms with E-state index in [-0.39, 0.29) is 6.04 Å². The molecule has 94 valence electrons. The Labute approximate surface area is 114 Å². The lowest BCUT2D eigenvalue weighted by molar-refractivity contribution is 0.630. The molecule has 2 aromatic rings. The number of benzene rings is 2. The monoisotopic (exact) mass is 259 g/mol. The summed E-state index contributed by atoms with van der Waals surface area (Å²) in [5.41, 5.74) is 3.50. The topological polar surface area (TPSA) is 12.0 Å². The molecule has 1 atom stereocenters. The zero-order chi connectivity index (χ0) is 13.0. The van der Waals surface area contributed by atoms with Gasteiger partial charge in [0.1, 0.15) is 0 Å². The number of rotatable bonds is 4. The van der Waals surface area contributed by atoms with Gasteiger partial charge in [-0.25, -0.2) is 0 Å². The molecule has 0 bridgehead atoms. The summed E-state index contributed by atoms with van der Waals surface area (Å²) in [5, 5.41) is 4.35. The van der Waals surface area contributed by atoms with Gasteiger partial charge < -0.3 is 5.32 Å². The second kappa shape index (κ2) is 6.03. The van der Waals surface area contributed by atoms with Crippen molar-refractivity contribution in [3.8, 4) is 0 Å². The standard InChI is InChI=1S/C16H18ClN/c1-3-18-16(13-9-5-4-6-10-13)14-11-7-8-12(2)15(14)17/h4-11,16,18H,3H2,1-2H3. The summed E-state index contributed by atoms with van der Waals surface area (Å²) < 4.78 is 0. The first-order valence-corrected chi connectivity index (χ1v) is 6.65. The third-order valence-electron chi connectivity index (χ3n) is 3.07. The normalized spacial score (nSPS) is 12.4. The summed E-state index contributed by atoms with van der Waals surface area (Å²) in [6.07, 6.45) is 0. The van der Waals surface area contributed by atoms with Gasteiger partial charge in [0.15, 0.2) is 0 Å². The van der Waals surface area contributed by atoms with Crippen molar-refractivity contribution in [2.24, 2.45) is 0 Å². The fourth-order valence-corrected chi connectivity index (χ4v) is 2.39. The Morgan fingerprint density at radius 1 is 1.06 bits per heavy atom. The molecule has 1 unspecified atom stereocenters. The van der Waals surface area contributed by atoms with Gasteiger partial charge >= 0.3 is 0 Å². The molecule has 0 spiro atoms. The maximum atomic E-state index is 6.43. The van der Waals surface area contributed by atoms with Crippen LogP contribution in [0.15, 0.2) is 48.5 Å². The van der Waals surface area contributed by atoms with Crippen LogP contribution in [-0.4, -0.2) is 6.54 Å². The Morgan fingerprint density at radius 3 is 2.44 bits per heavy atom. The van der Waals surface area contributed by atoms with E-state index in [9.17, 15) is 0 Å². The van der Waals surface area contributed by atoms with Crippen LogP contribution >= 0.6 is 11.6 Å². The van der Waals surface area contributed by atoms with Crippen LogP contribution in [-0.2, 0) is 0 Å². The Morgan fingerprint density at radius 2 is 1.78 bits per heavy atom. The second-order valence-corrected chi connectivity index (χ2v) is 4.76. The molecule has 2 rings (SSSR count). The molecule has 0 aliphatic rings. The minimum absolute atomic E-state index is 0.156. The molecule has 0 saturated carbocycles. The number of hydrogen-bond acceptors (Lipinski definition) is 1. The SMILES string of the molecule is CCNC(c1ccccc1)c1cccc(C)c1Cl. The summed E-state index contributed by atoms with van der Waals surface area (Å²) in [6.45, 7) is 5.06. The number of halogens is 1. The van der Waals surface area contributed by atoms with Crippen LogP contribution in [0.3, 0.4) is 0 Å². The maximum Gasteiger partial charge on any atom is 0.0591 e. The van der Waals surface area contributed by atoms with Crippen molar-refractivity contribution in [1.82, 2.24) is 5.32 Å². The first kappa shape index (κ1) is 13.1. The van der Waals surface area contributed by atoms with E-state index in [1.54, 1.807) is 0 Å². The van der Waals surface area contributed by atoms with Crippen LogP contribution < -0.4 is 5.32 Å². The Kier molecular flexibility index (Phi) is 4.40. The third kappa shape index (κ3) is 2.74. The van der Waals surface area contributed by atoms with Gasteiger partial charge in [0, 0.05) is 5.02 Å². The summed E-state index contributed by atoms with van der Waals surface area (Å²) >= 11 is 6.43. The quantitative estimate of drug-likeness (QED) is 0.861. The number of nitrogens with one attached hydrogen (secondary N) is 1. The molecule has 0 fully saturated rings. The summed E-state index contributed by atoms with van der Waals surface area (Å²) in [4.78, 5) is 0. The smallest absolute Gasteiger partial charge is 0.0591 e. The third-order valence-corrected chi connectivity index (χ3v) is 3.59. The van der Waals surface area contributed by atoms with Crippen LogP contribution in [0, 0.1) is 6.92 Å². The lowest BCUT2D eigenvalue weighted by Crippen LogP contribution is -2.22. The Hall–Kier alpha value is -1.31. The molecule has 0 aliphatic heterocycles. The average Bonchev–Trinajstić information content (AvgIpc) is 2.41. The highest BCUT2D eigenvalue weighted by Gasteiger charge is 2.16. The molecule has 1 N–H and O–H groups in total. The van der Waals surface area contributed by atoms with Gasteiger partial charge in [-0.2, -0.15) is 0 Å². The molecule has 2 heteroatoms. The lowest BCUT2D eigenvalue weighted by Gasteiger charge is -2.21. The molecule has 0 amide bonds. The first-order chi connectivity index (χ1) is 8.74. The van der Waals surface area contributed by atoms with Crippen LogP contribution in [0.25, 0.3) is 0 Å². The second-order valence-electron chi connectivity index (χ2n) is 4.38. The molecule has 2 aromatic carbocycles. The Balaban J connectivity index is 2.45. The number of aryl methyl sites for hydroxylation is 1. The lowest BCUT2D eigenvalue weighted by atomic mass is 9.97. The highest BCUT2D eigenvalue weighted by atomic mass is 35.5. The molecule has 0 heterocycles. The van der Waals surface area contributed by atoms with Crippen LogP contribution in [0.2, 0.25) is 5.02 Å². The van der Waals surface area contributed by atoms with Gasteiger partial charge in [-0.05, 0) is 30.2 Å². The van der Waals surface area contributed by atoms with Crippen molar-refractivity contribution < 1.29 is 0 Å². The summed E-state index contributed by atoms with van der Waals surface area (Å²) in [5.74, 6) is 0. The van der Waals surface area contributed by atoms with Crippen molar-refractivity contribution in [2.75, 3.05) is 6.54 Å². The molecule has 0 aromatic heterocycles. The van der Waals surface area contributed by atoms with E-state index in [2.05, 4.69) is 48.6 Å². The molecule has 0 aliphatic carbocycles. The average molecular weight is 260 g/mol. The van der Waals surface area contributed by atoms with Crippen molar-refractivity contribution in [1.29, 1.82) is 0 Å². The van der Waals surface area contributed by atoms with Crippen molar-refractivity contribution in [2.45, 2.75) is 19.9 Å². The fourth-order valence-electron chi connectivity index (χ4n) is 2.15. The number of hydrogen-bond donors (Lipinski definition) is 1. The Bertz CT molecular complexity index is 508. The minimum Gasteiger partial charge on any atom is -0.306 e. The largest absolute Gasteiger partial charge is 0.306 e. The molecule has 0 radical (unpaired) electrons. The predicted octanol–water partition coefficient (Wildman–Crippen LogP) is 4.35. The highest BCUT2D eigenvalue weighted by molar-refractivity contribution is 6.32.